The maximum Gasteiger partial charge on any atom is 0.347 e. The minimum atomic E-state index is -3.33. The van der Waals surface area contributed by atoms with Crippen LogP contribution in [-0.2, 0) is 10.0 Å². The minimum Gasteiger partial charge on any atom is -0.465 e. The van der Waals surface area contributed by atoms with Crippen LogP contribution in [0.1, 0.15) is 27.4 Å². The number of rotatable bonds is 4. The van der Waals surface area contributed by atoms with Crippen LogP contribution in [0.3, 0.4) is 0 Å². The van der Waals surface area contributed by atoms with Gasteiger partial charge < -0.3 is 9.15 Å². The molecular weight excluding hydrogens is 306 g/mol. The summed E-state index contributed by atoms with van der Waals surface area (Å²) in [5.74, 6) is 1.00. The monoisotopic (exact) mass is 323 g/mol. The van der Waals surface area contributed by atoms with Crippen LogP contribution in [0.5, 0.6) is 5.75 Å². The van der Waals surface area contributed by atoms with Gasteiger partial charge in [-0.05, 0) is 45.0 Å². The van der Waals surface area contributed by atoms with E-state index >= 15 is 0 Å². The Morgan fingerprint density at radius 1 is 1.09 bits per heavy atom. The van der Waals surface area contributed by atoms with Gasteiger partial charge in [0.25, 0.3) is 0 Å². The third kappa shape index (κ3) is 3.67. The molecule has 1 heterocycles. The van der Waals surface area contributed by atoms with Crippen LogP contribution >= 0.6 is 0 Å². The lowest BCUT2D eigenvalue weighted by Crippen LogP contribution is -2.11. The highest BCUT2D eigenvalue weighted by Gasteiger charge is 2.20. The van der Waals surface area contributed by atoms with Crippen LogP contribution < -0.4 is 9.46 Å². The quantitative estimate of drug-likeness (QED) is 0.691. The first-order valence-electron chi connectivity index (χ1n) is 6.54. The Labute approximate surface area is 129 Å². The molecule has 0 bridgehead atoms. The molecular formula is C15H17NO5S. The van der Waals surface area contributed by atoms with E-state index in [-0.39, 0.29) is 0 Å². The number of aryl methyl sites for hydroxylation is 2. The van der Waals surface area contributed by atoms with Crippen molar-refractivity contribution in [1.29, 1.82) is 0 Å². The van der Waals surface area contributed by atoms with Gasteiger partial charge in [0.2, 0.25) is 10.0 Å². The van der Waals surface area contributed by atoms with E-state index < -0.39 is 16.0 Å². The van der Waals surface area contributed by atoms with E-state index in [2.05, 4.69) is 4.72 Å². The highest BCUT2D eigenvalue weighted by molar-refractivity contribution is 7.92. The molecule has 0 spiro atoms. The molecule has 0 atom stereocenters. The minimum absolute atomic E-state index is 0.321. The second-order valence-electron chi connectivity index (χ2n) is 5.00. The normalized spacial score (nSPS) is 11.3. The van der Waals surface area contributed by atoms with Gasteiger partial charge in [-0.25, -0.2) is 13.2 Å². The van der Waals surface area contributed by atoms with Crippen molar-refractivity contribution in [1.82, 2.24) is 0 Å². The molecule has 1 aromatic carbocycles. The number of hydrogen-bond acceptors (Lipinski definition) is 5. The van der Waals surface area contributed by atoms with E-state index in [0.29, 0.717) is 28.5 Å². The van der Waals surface area contributed by atoms with Crippen molar-refractivity contribution >= 4 is 21.7 Å². The average Bonchev–Trinajstić information content (AvgIpc) is 2.64. The molecule has 1 N–H and O–H groups in total. The zero-order valence-electron chi connectivity index (χ0n) is 12.8. The summed E-state index contributed by atoms with van der Waals surface area (Å²) in [7, 11) is -3.33. The van der Waals surface area contributed by atoms with Crippen LogP contribution in [0.25, 0.3) is 0 Å². The van der Waals surface area contributed by atoms with Gasteiger partial charge in [-0.2, -0.15) is 0 Å². The Morgan fingerprint density at radius 2 is 1.68 bits per heavy atom. The van der Waals surface area contributed by atoms with Crippen molar-refractivity contribution in [3.63, 3.8) is 0 Å². The Balaban J connectivity index is 2.15. The molecule has 0 unspecified atom stereocenters. The van der Waals surface area contributed by atoms with Crippen molar-refractivity contribution in [2.75, 3.05) is 11.0 Å². The Morgan fingerprint density at radius 3 is 2.14 bits per heavy atom. The molecule has 118 valence electrons. The second kappa shape index (κ2) is 5.84. The first-order valence-corrected chi connectivity index (χ1v) is 8.43. The largest absolute Gasteiger partial charge is 0.465 e. The molecule has 1 aromatic heterocycles. The smallest absolute Gasteiger partial charge is 0.347 e. The van der Waals surface area contributed by atoms with Crippen molar-refractivity contribution in [3.05, 3.63) is 46.9 Å². The maximum atomic E-state index is 12.2. The molecule has 0 saturated heterocycles. The van der Waals surface area contributed by atoms with Crippen LogP contribution in [0, 0.1) is 20.8 Å². The van der Waals surface area contributed by atoms with E-state index in [1.165, 1.54) is 24.3 Å². The molecule has 22 heavy (non-hydrogen) atoms. The summed E-state index contributed by atoms with van der Waals surface area (Å²) in [6.45, 7) is 5.28. The Kier molecular flexibility index (Phi) is 4.27. The molecule has 2 aromatic rings. The number of furan rings is 1. The number of carbonyl (C=O) groups excluding carboxylic acids is 1. The van der Waals surface area contributed by atoms with Crippen molar-refractivity contribution in [3.8, 4) is 5.75 Å². The van der Waals surface area contributed by atoms with Crippen molar-refractivity contribution < 1.29 is 22.4 Å². The van der Waals surface area contributed by atoms with Gasteiger partial charge in [0.15, 0.2) is 0 Å². The summed E-state index contributed by atoms with van der Waals surface area (Å²) in [5, 5.41) is 0. The summed E-state index contributed by atoms with van der Waals surface area (Å²) < 4.78 is 35.3. The molecule has 0 radical (unpaired) electrons. The summed E-state index contributed by atoms with van der Waals surface area (Å²) in [4.78, 5) is 12.2. The highest BCUT2D eigenvalue weighted by atomic mass is 32.2. The molecule has 0 fully saturated rings. The predicted molar refractivity (Wildman–Crippen MR) is 82.8 cm³/mol. The fourth-order valence-corrected chi connectivity index (χ4v) is 2.62. The van der Waals surface area contributed by atoms with Crippen LogP contribution in [0.2, 0.25) is 0 Å². The number of sulfonamides is 1. The van der Waals surface area contributed by atoms with Gasteiger partial charge in [-0.3, -0.25) is 4.72 Å². The Bertz CT molecular complexity index is 803. The van der Waals surface area contributed by atoms with Gasteiger partial charge in [0, 0.05) is 11.3 Å². The predicted octanol–water partition coefficient (Wildman–Crippen LogP) is 2.80. The molecule has 0 aliphatic rings. The van der Waals surface area contributed by atoms with Gasteiger partial charge in [0.1, 0.15) is 22.8 Å². The first kappa shape index (κ1) is 16.1. The molecule has 2 rings (SSSR count). The molecule has 0 aliphatic carbocycles. The zero-order valence-corrected chi connectivity index (χ0v) is 13.6. The number of hydrogen-bond donors (Lipinski definition) is 1. The van der Waals surface area contributed by atoms with Gasteiger partial charge in [-0.1, -0.05) is 0 Å². The first-order chi connectivity index (χ1) is 10.2. The maximum absolute atomic E-state index is 12.2. The number of esters is 1. The van der Waals surface area contributed by atoms with Gasteiger partial charge in [0.05, 0.1) is 6.26 Å². The van der Waals surface area contributed by atoms with Crippen LogP contribution in [-0.4, -0.2) is 20.6 Å². The third-order valence-electron chi connectivity index (χ3n) is 3.13. The van der Waals surface area contributed by atoms with Gasteiger partial charge in [-0.15, -0.1) is 0 Å². The van der Waals surface area contributed by atoms with Crippen molar-refractivity contribution in [2.45, 2.75) is 20.8 Å². The summed E-state index contributed by atoms with van der Waals surface area (Å²) in [5.41, 5.74) is 1.56. The molecule has 0 amide bonds. The lowest BCUT2D eigenvalue weighted by Gasteiger charge is -2.07. The van der Waals surface area contributed by atoms with Crippen LogP contribution in [0.4, 0.5) is 5.69 Å². The summed E-state index contributed by atoms with van der Waals surface area (Å²) in [6.07, 6.45) is 1.06. The molecule has 6 nitrogen and oxygen atoms in total. The van der Waals surface area contributed by atoms with Crippen LogP contribution in [0.15, 0.2) is 28.7 Å². The van der Waals surface area contributed by atoms with E-state index in [0.717, 1.165) is 11.8 Å². The number of anilines is 1. The molecule has 0 aliphatic heterocycles. The number of benzene rings is 1. The summed E-state index contributed by atoms with van der Waals surface area (Å²) in [6, 6.07) is 6.07. The van der Waals surface area contributed by atoms with Gasteiger partial charge >= 0.3 is 5.97 Å². The SMILES string of the molecule is Cc1oc(C)c(C(=O)Oc2ccc(NS(C)(=O)=O)cc2)c1C. The molecule has 7 heteroatoms. The molecule has 0 saturated carbocycles. The standard InChI is InChI=1S/C15H17NO5S/c1-9-10(2)20-11(3)14(9)15(17)21-13-7-5-12(6-8-13)16-22(4,18)19/h5-8,16H,1-4H3. The third-order valence-corrected chi connectivity index (χ3v) is 3.74. The van der Waals surface area contributed by atoms with E-state index in [4.69, 9.17) is 9.15 Å². The van der Waals surface area contributed by atoms with E-state index in [1.807, 2.05) is 0 Å². The zero-order chi connectivity index (χ0) is 16.5. The number of nitrogens with one attached hydrogen (secondary N) is 1. The Hall–Kier alpha value is -2.28. The lowest BCUT2D eigenvalue weighted by atomic mass is 10.1. The number of ether oxygens (including phenoxy) is 1. The highest BCUT2D eigenvalue weighted by Crippen LogP contribution is 2.23. The second-order valence-corrected chi connectivity index (χ2v) is 6.75. The van der Waals surface area contributed by atoms with E-state index in [9.17, 15) is 13.2 Å². The fourth-order valence-electron chi connectivity index (χ4n) is 2.06. The van der Waals surface area contributed by atoms with E-state index in [1.54, 1.807) is 20.8 Å². The summed E-state index contributed by atoms with van der Waals surface area (Å²) >= 11 is 0. The lowest BCUT2D eigenvalue weighted by molar-refractivity contribution is 0.0732. The fraction of sp³-hybridized carbons (Fsp3) is 0.267. The number of carbonyl (C=O) groups is 1. The topological polar surface area (TPSA) is 85.6 Å². The van der Waals surface area contributed by atoms with Crippen molar-refractivity contribution in [2.24, 2.45) is 0 Å². The average molecular weight is 323 g/mol.